The van der Waals surface area contributed by atoms with Crippen molar-refractivity contribution in [3.63, 3.8) is 0 Å². The summed E-state index contributed by atoms with van der Waals surface area (Å²) in [6.45, 7) is 2.44. The molecular weight excluding hydrogens is 250 g/mol. The van der Waals surface area contributed by atoms with Crippen LogP contribution in [0.4, 0.5) is 5.82 Å². The molecule has 1 heterocycles. The number of anilines is 1. The van der Waals surface area contributed by atoms with Crippen LogP contribution in [0.1, 0.15) is 11.1 Å². The Balaban J connectivity index is 1.89. The Morgan fingerprint density at radius 1 is 1.00 bits per heavy atom. The molecule has 0 aliphatic carbocycles. The van der Waals surface area contributed by atoms with E-state index in [4.69, 9.17) is 10.5 Å². The van der Waals surface area contributed by atoms with Gasteiger partial charge in [0.25, 0.3) is 5.88 Å². The summed E-state index contributed by atoms with van der Waals surface area (Å²) in [5.41, 5.74) is 9.66. The molecule has 0 unspecified atom stereocenters. The predicted molar refractivity (Wildman–Crippen MR) is 79.5 cm³/mol. The maximum absolute atomic E-state index is 5.89. The van der Waals surface area contributed by atoms with E-state index in [1.54, 1.807) is 0 Å². The van der Waals surface area contributed by atoms with E-state index in [0.717, 1.165) is 22.2 Å². The number of rotatable bonds is 3. The molecular formula is C16H15N3O. The van der Waals surface area contributed by atoms with Crippen molar-refractivity contribution in [2.24, 2.45) is 0 Å². The zero-order valence-electron chi connectivity index (χ0n) is 11.2. The van der Waals surface area contributed by atoms with Gasteiger partial charge in [-0.1, -0.05) is 36.4 Å². The van der Waals surface area contributed by atoms with Crippen molar-refractivity contribution >= 4 is 16.9 Å². The van der Waals surface area contributed by atoms with E-state index >= 15 is 0 Å². The van der Waals surface area contributed by atoms with Crippen molar-refractivity contribution in [1.82, 2.24) is 9.97 Å². The van der Waals surface area contributed by atoms with Crippen LogP contribution in [0.2, 0.25) is 0 Å². The van der Waals surface area contributed by atoms with Crippen LogP contribution < -0.4 is 10.5 Å². The van der Waals surface area contributed by atoms with Gasteiger partial charge in [-0.3, -0.25) is 0 Å². The van der Waals surface area contributed by atoms with E-state index < -0.39 is 0 Å². The number of benzene rings is 2. The van der Waals surface area contributed by atoms with E-state index in [-0.39, 0.29) is 0 Å². The molecule has 0 amide bonds. The molecule has 0 saturated heterocycles. The molecule has 2 N–H and O–H groups in total. The van der Waals surface area contributed by atoms with E-state index in [0.29, 0.717) is 18.3 Å². The molecule has 2 aromatic carbocycles. The van der Waals surface area contributed by atoms with Crippen LogP contribution in [0, 0.1) is 6.92 Å². The number of aryl methyl sites for hydroxylation is 1. The molecule has 0 bridgehead atoms. The van der Waals surface area contributed by atoms with Gasteiger partial charge in [0.1, 0.15) is 6.61 Å². The quantitative estimate of drug-likeness (QED) is 0.790. The van der Waals surface area contributed by atoms with E-state index in [2.05, 4.69) is 9.97 Å². The van der Waals surface area contributed by atoms with Crippen molar-refractivity contribution < 1.29 is 4.74 Å². The number of nitrogen functional groups attached to an aromatic ring is 1. The van der Waals surface area contributed by atoms with Gasteiger partial charge in [-0.05, 0) is 30.2 Å². The molecule has 4 heteroatoms. The highest BCUT2D eigenvalue weighted by atomic mass is 16.5. The zero-order valence-corrected chi connectivity index (χ0v) is 11.2. The minimum atomic E-state index is 0.317. The molecule has 0 fully saturated rings. The average molecular weight is 265 g/mol. The lowest BCUT2D eigenvalue weighted by Crippen LogP contribution is -2.03. The molecule has 0 saturated carbocycles. The number of aromatic nitrogens is 2. The lowest BCUT2D eigenvalue weighted by atomic mass is 10.2. The summed E-state index contributed by atoms with van der Waals surface area (Å²) in [7, 11) is 0. The van der Waals surface area contributed by atoms with Crippen molar-refractivity contribution in [3.8, 4) is 5.88 Å². The van der Waals surface area contributed by atoms with Gasteiger partial charge in [-0.2, -0.15) is 0 Å². The SMILES string of the molecule is Cc1ccc2nc(N)c(OCc3ccccc3)nc2c1. The van der Waals surface area contributed by atoms with Gasteiger partial charge < -0.3 is 10.5 Å². The fourth-order valence-electron chi connectivity index (χ4n) is 1.99. The second-order valence-electron chi connectivity index (χ2n) is 4.68. The van der Waals surface area contributed by atoms with Gasteiger partial charge in [-0.15, -0.1) is 0 Å². The second kappa shape index (κ2) is 5.17. The number of fused-ring (bicyclic) bond motifs is 1. The lowest BCUT2D eigenvalue weighted by Gasteiger charge is -2.08. The Bertz CT molecular complexity index is 741. The number of nitrogens with zero attached hydrogens (tertiary/aromatic N) is 2. The Hall–Kier alpha value is -2.62. The second-order valence-corrected chi connectivity index (χ2v) is 4.68. The molecule has 0 aliphatic heterocycles. The summed E-state index contributed by atoms with van der Waals surface area (Å²) >= 11 is 0. The molecule has 1 aromatic heterocycles. The minimum absolute atomic E-state index is 0.317. The van der Waals surface area contributed by atoms with Crippen LogP contribution in [0.15, 0.2) is 48.5 Å². The van der Waals surface area contributed by atoms with Gasteiger partial charge >= 0.3 is 0 Å². The summed E-state index contributed by atoms with van der Waals surface area (Å²) in [6, 6.07) is 15.8. The molecule has 100 valence electrons. The fraction of sp³-hybridized carbons (Fsp3) is 0.125. The molecule has 0 aliphatic rings. The summed E-state index contributed by atoms with van der Waals surface area (Å²) in [5, 5.41) is 0. The predicted octanol–water partition coefficient (Wildman–Crippen LogP) is 3.10. The molecule has 4 nitrogen and oxygen atoms in total. The largest absolute Gasteiger partial charge is 0.470 e. The average Bonchev–Trinajstić information content (AvgIpc) is 2.46. The molecule has 0 spiro atoms. The standard InChI is InChI=1S/C16H15N3O/c1-11-7-8-13-14(9-11)19-16(15(17)18-13)20-10-12-5-3-2-4-6-12/h2-9H,10H2,1H3,(H2,17,18). The Kier molecular flexibility index (Phi) is 3.21. The summed E-state index contributed by atoms with van der Waals surface area (Å²) in [5.74, 6) is 0.698. The molecule has 3 aromatic rings. The number of nitrogens with two attached hydrogens (primary N) is 1. The van der Waals surface area contributed by atoms with Gasteiger partial charge in [-0.25, -0.2) is 9.97 Å². The van der Waals surface area contributed by atoms with Crippen LogP contribution in [0.3, 0.4) is 0 Å². The maximum atomic E-state index is 5.89. The van der Waals surface area contributed by atoms with Crippen LogP contribution in [-0.4, -0.2) is 9.97 Å². The van der Waals surface area contributed by atoms with Crippen molar-refractivity contribution in [1.29, 1.82) is 0 Å². The first kappa shape index (κ1) is 12.4. The smallest absolute Gasteiger partial charge is 0.258 e. The van der Waals surface area contributed by atoms with Crippen LogP contribution in [0.25, 0.3) is 11.0 Å². The van der Waals surface area contributed by atoms with E-state index in [1.165, 1.54) is 0 Å². The Labute approximate surface area is 117 Å². The number of hydrogen-bond acceptors (Lipinski definition) is 4. The van der Waals surface area contributed by atoms with Gasteiger partial charge in [0, 0.05) is 0 Å². The normalized spacial score (nSPS) is 10.7. The van der Waals surface area contributed by atoms with Crippen molar-refractivity contribution in [2.75, 3.05) is 5.73 Å². The number of hydrogen-bond donors (Lipinski definition) is 1. The highest BCUT2D eigenvalue weighted by molar-refractivity contribution is 5.77. The van der Waals surface area contributed by atoms with E-state index in [1.807, 2.05) is 55.5 Å². The topological polar surface area (TPSA) is 61.0 Å². The van der Waals surface area contributed by atoms with Crippen LogP contribution >= 0.6 is 0 Å². The monoisotopic (exact) mass is 265 g/mol. The summed E-state index contributed by atoms with van der Waals surface area (Å²) in [4.78, 5) is 8.76. The summed E-state index contributed by atoms with van der Waals surface area (Å²) in [6.07, 6.45) is 0. The van der Waals surface area contributed by atoms with Gasteiger partial charge in [0.15, 0.2) is 5.82 Å². The molecule has 0 radical (unpaired) electrons. The zero-order chi connectivity index (χ0) is 13.9. The summed E-state index contributed by atoms with van der Waals surface area (Å²) < 4.78 is 5.67. The third-order valence-corrected chi connectivity index (χ3v) is 3.03. The Morgan fingerprint density at radius 3 is 2.60 bits per heavy atom. The van der Waals surface area contributed by atoms with Crippen LogP contribution in [-0.2, 0) is 6.61 Å². The van der Waals surface area contributed by atoms with Gasteiger partial charge in [0.05, 0.1) is 11.0 Å². The van der Waals surface area contributed by atoms with Gasteiger partial charge in [0.2, 0.25) is 0 Å². The Morgan fingerprint density at radius 2 is 1.80 bits per heavy atom. The van der Waals surface area contributed by atoms with Crippen molar-refractivity contribution in [2.45, 2.75) is 13.5 Å². The van der Waals surface area contributed by atoms with E-state index in [9.17, 15) is 0 Å². The van der Waals surface area contributed by atoms with Crippen molar-refractivity contribution in [3.05, 3.63) is 59.7 Å². The molecule has 0 atom stereocenters. The highest BCUT2D eigenvalue weighted by Crippen LogP contribution is 2.22. The third-order valence-electron chi connectivity index (χ3n) is 3.03. The van der Waals surface area contributed by atoms with Crippen LogP contribution in [0.5, 0.6) is 5.88 Å². The minimum Gasteiger partial charge on any atom is -0.470 e. The fourth-order valence-corrected chi connectivity index (χ4v) is 1.99. The first-order valence-electron chi connectivity index (χ1n) is 6.43. The third kappa shape index (κ3) is 2.54. The molecule has 20 heavy (non-hydrogen) atoms. The first-order chi connectivity index (χ1) is 9.72. The maximum Gasteiger partial charge on any atom is 0.258 e. The lowest BCUT2D eigenvalue weighted by molar-refractivity contribution is 0.296. The molecule has 3 rings (SSSR count). The highest BCUT2D eigenvalue weighted by Gasteiger charge is 2.07. The number of ether oxygens (including phenoxy) is 1. The first-order valence-corrected chi connectivity index (χ1v) is 6.43.